The first-order chi connectivity index (χ1) is 9.02. The van der Waals surface area contributed by atoms with E-state index in [-0.39, 0.29) is 11.1 Å². The van der Waals surface area contributed by atoms with Crippen LogP contribution in [0.15, 0.2) is 36.4 Å². The summed E-state index contributed by atoms with van der Waals surface area (Å²) in [5.41, 5.74) is 1.41. The van der Waals surface area contributed by atoms with Gasteiger partial charge in [-0.2, -0.15) is 0 Å². The van der Waals surface area contributed by atoms with Crippen molar-refractivity contribution in [2.24, 2.45) is 0 Å². The fraction of sp³-hybridized carbons (Fsp3) is 0.188. The van der Waals surface area contributed by atoms with E-state index < -0.39 is 17.4 Å². The Balaban J connectivity index is 2.40. The second-order valence-corrected chi connectivity index (χ2v) is 4.46. The summed E-state index contributed by atoms with van der Waals surface area (Å²) in [6, 6.07) is 8.91. The van der Waals surface area contributed by atoms with Crippen LogP contribution in [0.3, 0.4) is 0 Å². The average Bonchev–Trinajstić information content (AvgIpc) is 2.42. The fourth-order valence-corrected chi connectivity index (χ4v) is 1.87. The summed E-state index contributed by atoms with van der Waals surface area (Å²) in [6.07, 6.45) is 0.863. The number of ketones is 1. The van der Waals surface area contributed by atoms with Crippen molar-refractivity contribution < 1.29 is 13.6 Å². The molecule has 0 unspecified atom stereocenters. The molecule has 0 aromatic heterocycles. The van der Waals surface area contributed by atoms with Gasteiger partial charge in [-0.3, -0.25) is 4.79 Å². The maximum atomic E-state index is 13.7. The van der Waals surface area contributed by atoms with Gasteiger partial charge in [0.25, 0.3) is 0 Å². The minimum absolute atomic E-state index is 0.190. The molecule has 0 aliphatic carbocycles. The van der Waals surface area contributed by atoms with Crippen LogP contribution in [0.4, 0.5) is 8.78 Å². The Kier molecular flexibility index (Phi) is 3.74. The lowest BCUT2D eigenvalue weighted by Gasteiger charge is -2.06. The minimum Gasteiger partial charge on any atom is -0.288 e. The molecule has 1 nitrogen and oxygen atoms in total. The van der Waals surface area contributed by atoms with E-state index in [1.165, 1.54) is 6.92 Å². The summed E-state index contributed by atoms with van der Waals surface area (Å²) in [5, 5.41) is 0. The Morgan fingerprint density at radius 1 is 1.05 bits per heavy atom. The Bertz CT molecular complexity index is 615. The lowest BCUT2D eigenvalue weighted by molar-refractivity contribution is 0.103. The first-order valence-corrected chi connectivity index (χ1v) is 6.12. The smallest absolute Gasteiger partial charge is 0.196 e. The Morgan fingerprint density at radius 3 is 2.26 bits per heavy atom. The molecule has 0 aliphatic heterocycles. The zero-order chi connectivity index (χ0) is 14.0. The molecule has 0 saturated carbocycles. The predicted molar refractivity (Wildman–Crippen MR) is 70.3 cm³/mol. The van der Waals surface area contributed by atoms with Crippen LogP contribution in [-0.2, 0) is 6.42 Å². The molecule has 0 fully saturated rings. The topological polar surface area (TPSA) is 17.1 Å². The lowest BCUT2D eigenvalue weighted by atomic mass is 10.00. The van der Waals surface area contributed by atoms with Gasteiger partial charge in [0.05, 0.1) is 5.56 Å². The highest BCUT2D eigenvalue weighted by atomic mass is 19.1. The molecule has 0 saturated heterocycles. The molecular formula is C16H14F2O. The van der Waals surface area contributed by atoms with Crippen LogP contribution < -0.4 is 0 Å². The van der Waals surface area contributed by atoms with Crippen LogP contribution in [0.5, 0.6) is 0 Å². The third-order valence-corrected chi connectivity index (χ3v) is 3.12. The van der Waals surface area contributed by atoms with Crippen LogP contribution in [0.2, 0.25) is 0 Å². The third kappa shape index (κ3) is 2.70. The van der Waals surface area contributed by atoms with Crippen molar-refractivity contribution in [1.29, 1.82) is 0 Å². The highest BCUT2D eigenvalue weighted by Crippen LogP contribution is 2.18. The van der Waals surface area contributed by atoms with Crippen molar-refractivity contribution in [2.45, 2.75) is 20.3 Å². The van der Waals surface area contributed by atoms with E-state index in [9.17, 15) is 13.6 Å². The Labute approximate surface area is 110 Å². The molecule has 2 aromatic rings. The maximum Gasteiger partial charge on any atom is 0.196 e. The predicted octanol–water partition coefficient (Wildman–Crippen LogP) is 4.07. The van der Waals surface area contributed by atoms with Crippen molar-refractivity contribution in [1.82, 2.24) is 0 Å². The van der Waals surface area contributed by atoms with E-state index in [0.29, 0.717) is 5.56 Å². The van der Waals surface area contributed by atoms with E-state index in [2.05, 4.69) is 0 Å². The van der Waals surface area contributed by atoms with Gasteiger partial charge in [0.2, 0.25) is 0 Å². The molecule has 3 heteroatoms. The summed E-state index contributed by atoms with van der Waals surface area (Å²) in [7, 11) is 0. The number of aryl methyl sites for hydroxylation is 2. The molecule has 0 atom stereocenters. The normalized spacial score (nSPS) is 10.5. The standard InChI is InChI=1S/C16H14F2O/c1-3-11-4-6-12(7-5-11)16(19)13-9-14(17)10(2)8-15(13)18/h4-9H,3H2,1-2H3. The zero-order valence-electron chi connectivity index (χ0n) is 10.8. The molecule has 98 valence electrons. The first kappa shape index (κ1) is 13.4. The van der Waals surface area contributed by atoms with E-state index in [4.69, 9.17) is 0 Å². The molecule has 19 heavy (non-hydrogen) atoms. The summed E-state index contributed by atoms with van der Waals surface area (Å²) >= 11 is 0. The summed E-state index contributed by atoms with van der Waals surface area (Å²) < 4.78 is 27.2. The van der Waals surface area contributed by atoms with Crippen molar-refractivity contribution in [3.8, 4) is 0 Å². The number of carbonyl (C=O) groups excluding carboxylic acids is 1. The van der Waals surface area contributed by atoms with Gasteiger partial charge < -0.3 is 0 Å². The van der Waals surface area contributed by atoms with Crippen LogP contribution in [0.25, 0.3) is 0 Å². The van der Waals surface area contributed by atoms with Gasteiger partial charge in [-0.15, -0.1) is 0 Å². The quantitative estimate of drug-likeness (QED) is 0.760. The van der Waals surface area contributed by atoms with Gasteiger partial charge in [-0.25, -0.2) is 8.78 Å². The van der Waals surface area contributed by atoms with Crippen molar-refractivity contribution >= 4 is 5.78 Å². The van der Waals surface area contributed by atoms with Crippen LogP contribution in [0, 0.1) is 18.6 Å². The molecule has 0 N–H and O–H groups in total. The minimum atomic E-state index is -0.691. The van der Waals surface area contributed by atoms with Gasteiger partial charge >= 0.3 is 0 Å². The summed E-state index contributed by atoms with van der Waals surface area (Å²) in [4.78, 5) is 12.1. The van der Waals surface area contributed by atoms with Gasteiger partial charge in [-0.05, 0) is 36.6 Å². The number of halogens is 2. The molecule has 0 spiro atoms. The lowest BCUT2D eigenvalue weighted by Crippen LogP contribution is -2.06. The first-order valence-electron chi connectivity index (χ1n) is 6.12. The summed E-state index contributed by atoms with van der Waals surface area (Å²) in [6.45, 7) is 3.47. The highest BCUT2D eigenvalue weighted by Gasteiger charge is 2.16. The number of carbonyl (C=O) groups is 1. The van der Waals surface area contributed by atoms with Crippen LogP contribution in [0.1, 0.15) is 34.0 Å². The monoisotopic (exact) mass is 260 g/mol. The Hall–Kier alpha value is -2.03. The molecular weight excluding hydrogens is 246 g/mol. The molecule has 0 amide bonds. The van der Waals surface area contributed by atoms with E-state index in [0.717, 1.165) is 24.1 Å². The van der Waals surface area contributed by atoms with Gasteiger partial charge in [0.15, 0.2) is 5.78 Å². The molecule has 2 aromatic carbocycles. The number of hydrogen-bond donors (Lipinski definition) is 0. The van der Waals surface area contributed by atoms with E-state index in [1.807, 2.05) is 19.1 Å². The maximum absolute atomic E-state index is 13.7. The van der Waals surface area contributed by atoms with Gasteiger partial charge in [-0.1, -0.05) is 31.2 Å². The fourth-order valence-electron chi connectivity index (χ4n) is 1.87. The molecule has 0 radical (unpaired) electrons. The van der Waals surface area contributed by atoms with Crippen molar-refractivity contribution in [2.75, 3.05) is 0 Å². The molecule has 2 rings (SSSR count). The molecule has 0 heterocycles. The third-order valence-electron chi connectivity index (χ3n) is 3.12. The van der Waals surface area contributed by atoms with Gasteiger partial charge in [0.1, 0.15) is 11.6 Å². The summed E-state index contributed by atoms with van der Waals surface area (Å²) in [5.74, 6) is -1.77. The second-order valence-electron chi connectivity index (χ2n) is 4.46. The van der Waals surface area contributed by atoms with Crippen LogP contribution in [-0.4, -0.2) is 5.78 Å². The van der Waals surface area contributed by atoms with E-state index >= 15 is 0 Å². The SMILES string of the molecule is CCc1ccc(C(=O)c2cc(F)c(C)cc2F)cc1. The molecule has 0 aliphatic rings. The highest BCUT2D eigenvalue weighted by molar-refractivity contribution is 6.09. The van der Waals surface area contributed by atoms with Crippen LogP contribution >= 0.6 is 0 Å². The van der Waals surface area contributed by atoms with Crippen molar-refractivity contribution in [3.05, 3.63) is 70.3 Å². The van der Waals surface area contributed by atoms with Gasteiger partial charge in [0, 0.05) is 5.56 Å². The van der Waals surface area contributed by atoms with E-state index in [1.54, 1.807) is 12.1 Å². The number of rotatable bonds is 3. The average molecular weight is 260 g/mol. The largest absolute Gasteiger partial charge is 0.288 e. The number of hydrogen-bond acceptors (Lipinski definition) is 1. The molecule has 0 bridgehead atoms. The second kappa shape index (κ2) is 5.31. The van der Waals surface area contributed by atoms with Crippen molar-refractivity contribution in [3.63, 3.8) is 0 Å². The number of benzene rings is 2. The Morgan fingerprint density at radius 2 is 1.68 bits per heavy atom. The zero-order valence-corrected chi connectivity index (χ0v) is 10.8.